The maximum absolute atomic E-state index is 12.7. The molecule has 0 radical (unpaired) electrons. The van der Waals surface area contributed by atoms with E-state index in [2.05, 4.69) is 10.0 Å². The van der Waals surface area contributed by atoms with Crippen molar-refractivity contribution >= 4 is 39.1 Å². The molecule has 0 aliphatic rings. The lowest BCUT2D eigenvalue weighted by Crippen LogP contribution is -2.15. The van der Waals surface area contributed by atoms with Crippen LogP contribution in [0.5, 0.6) is 5.75 Å². The summed E-state index contributed by atoms with van der Waals surface area (Å²) in [6, 6.07) is 9.84. The number of hydrogen-bond acceptors (Lipinski definition) is 5. The van der Waals surface area contributed by atoms with E-state index in [1.807, 2.05) is 19.2 Å². The van der Waals surface area contributed by atoms with Gasteiger partial charge >= 0.3 is 0 Å². The zero-order valence-electron chi connectivity index (χ0n) is 14.4. The van der Waals surface area contributed by atoms with E-state index < -0.39 is 10.0 Å². The predicted molar refractivity (Wildman–Crippen MR) is 101 cm³/mol. The van der Waals surface area contributed by atoms with Gasteiger partial charge in [-0.3, -0.25) is 9.52 Å². The van der Waals surface area contributed by atoms with Crippen molar-refractivity contribution < 1.29 is 17.9 Å². The van der Waals surface area contributed by atoms with Gasteiger partial charge in [0.15, 0.2) is 0 Å². The SMILES string of the molecule is COc1ccc(C)cc1NS(=O)(=O)c1ccc(SC)c(NC(C)=O)c1. The van der Waals surface area contributed by atoms with Crippen molar-refractivity contribution in [3.63, 3.8) is 0 Å². The summed E-state index contributed by atoms with van der Waals surface area (Å²) in [6.07, 6.45) is 1.85. The Morgan fingerprint density at radius 3 is 2.44 bits per heavy atom. The minimum Gasteiger partial charge on any atom is -0.495 e. The number of anilines is 2. The Bertz CT molecular complexity index is 896. The third-order valence-electron chi connectivity index (χ3n) is 3.39. The second kappa shape index (κ2) is 7.79. The molecule has 0 saturated carbocycles. The lowest BCUT2D eigenvalue weighted by molar-refractivity contribution is -0.114. The number of aryl methyl sites for hydroxylation is 1. The summed E-state index contributed by atoms with van der Waals surface area (Å²) < 4.78 is 33.2. The van der Waals surface area contributed by atoms with Gasteiger partial charge in [-0.25, -0.2) is 8.42 Å². The third-order valence-corrected chi connectivity index (χ3v) is 5.55. The molecule has 2 rings (SSSR count). The lowest BCUT2D eigenvalue weighted by Gasteiger charge is -2.14. The number of rotatable bonds is 6. The first-order valence-electron chi connectivity index (χ1n) is 7.40. The van der Waals surface area contributed by atoms with Crippen LogP contribution in [-0.4, -0.2) is 27.7 Å². The standard InChI is InChI=1S/C17H20N2O4S2/c1-11-5-7-16(23-3)14(9-11)19-25(21,22)13-6-8-17(24-4)15(10-13)18-12(2)20/h5-10,19H,1-4H3,(H,18,20). The molecule has 2 aromatic rings. The van der Waals surface area contributed by atoms with Crippen molar-refractivity contribution in [2.45, 2.75) is 23.6 Å². The fraction of sp³-hybridized carbons (Fsp3) is 0.235. The molecule has 0 bridgehead atoms. The van der Waals surface area contributed by atoms with Crippen LogP contribution < -0.4 is 14.8 Å². The van der Waals surface area contributed by atoms with Gasteiger partial charge in [0.25, 0.3) is 10.0 Å². The van der Waals surface area contributed by atoms with Crippen molar-refractivity contribution in [2.24, 2.45) is 0 Å². The molecule has 25 heavy (non-hydrogen) atoms. The van der Waals surface area contributed by atoms with E-state index in [4.69, 9.17) is 4.74 Å². The fourth-order valence-electron chi connectivity index (χ4n) is 2.25. The van der Waals surface area contributed by atoms with E-state index in [1.165, 1.54) is 37.9 Å². The number of nitrogens with one attached hydrogen (secondary N) is 2. The molecule has 0 aliphatic heterocycles. The summed E-state index contributed by atoms with van der Waals surface area (Å²) in [7, 11) is -2.36. The highest BCUT2D eigenvalue weighted by Gasteiger charge is 2.18. The number of carbonyl (C=O) groups excluding carboxylic acids is 1. The molecular weight excluding hydrogens is 360 g/mol. The molecule has 0 spiro atoms. The van der Waals surface area contributed by atoms with E-state index >= 15 is 0 Å². The van der Waals surface area contributed by atoms with Gasteiger partial charge in [0.05, 0.1) is 23.4 Å². The number of amides is 1. The van der Waals surface area contributed by atoms with Gasteiger partial charge in [0, 0.05) is 11.8 Å². The zero-order chi connectivity index (χ0) is 18.6. The molecule has 8 heteroatoms. The van der Waals surface area contributed by atoms with E-state index in [-0.39, 0.29) is 10.8 Å². The molecule has 0 aliphatic carbocycles. The first-order chi connectivity index (χ1) is 11.8. The number of thioether (sulfide) groups is 1. The van der Waals surface area contributed by atoms with Crippen molar-refractivity contribution in [1.29, 1.82) is 0 Å². The highest BCUT2D eigenvalue weighted by molar-refractivity contribution is 7.98. The number of benzene rings is 2. The van der Waals surface area contributed by atoms with E-state index in [9.17, 15) is 13.2 Å². The summed E-state index contributed by atoms with van der Waals surface area (Å²) in [4.78, 5) is 12.2. The van der Waals surface area contributed by atoms with Gasteiger partial charge in [-0.15, -0.1) is 11.8 Å². The molecule has 0 saturated heterocycles. The highest BCUT2D eigenvalue weighted by Crippen LogP contribution is 2.31. The molecular formula is C17H20N2O4S2. The maximum atomic E-state index is 12.7. The summed E-state index contributed by atoms with van der Waals surface area (Å²) >= 11 is 1.42. The molecule has 6 nitrogen and oxygen atoms in total. The maximum Gasteiger partial charge on any atom is 0.262 e. The molecule has 134 valence electrons. The Balaban J connectivity index is 2.43. The molecule has 0 heterocycles. The topological polar surface area (TPSA) is 84.5 Å². The van der Waals surface area contributed by atoms with Gasteiger partial charge in [0.1, 0.15) is 5.75 Å². The molecule has 0 atom stereocenters. The van der Waals surface area contributed by atoms with E-state index in [1.54, 1.807) is 18.2 Å². The molecule has 2 aromatic carbocycles. The minimum atomic E-state index is -3.84. The first kappa shape index (κ1) is 19.1. The van der Waals surface area contributed by atoms with Gasteiger partial charge in [-0.05, 0) is 49.1 Å². The molecule has 0 fully saturated rings. The quantitative estimate of drug-likeness (QED) is 0.750. The largest absolute Gasteiger partial charge is 0.495 e. The first-order valence-corrected chi connectivity index (χ1v) is 10.1. The molecule has 0 aromatic heterocycles. The number of carbonyl (C=O) groups is 1. The van der Waals surface area contributed by atoms with Crippen LogP contribution in [0.25, 0.3) is 0 Å². The Hall–Kier alpha value is -2.19. The van der Waals surface area contributed by atoms with Gasteiger partial charge in [-0.2, -0.15) is 0 Å². The highest BCUT2D eigenvalue weighted by atomic mass is 32.2. The summed E-state index contributed by atoms with van der Waals surface area (Å²) in [5.41, 5.74) is 1.71. The summed E-state index contributed by atoms with van der Waals surface area (Å²) in [6.45, 7) is 3.24. The summed E-state index contributed by atoms with van der Waals surface area (Å²) in [5.74, 6) is 0.162. The average Bonchev–Trinajstić information content (AvgIpc) is 2.54. The van der Waals surface area contributed by atoms with E-state index in [0.717, 1.165) is 10.5 Å². The van der Waals surface area contributed by atoms with Crippen molar-refractivity contribution in [3.8, 4) is 5.75 Å². The normalized spacial score (nSPS) is 11.0. The fourth-order valence-corrected chi connectivity index (χ4v) is 3.87. The number of ether oxygens (including phenoxy) is 1. The average molecular weight is 380 g/mol. The number of methoxy groups -OCH3 is 1. The van der Waals surface area contributed by atoms with Gasteiger partial charge < -0.3 is 10.1 Å². The number of hydrogen-bond donors (Lipinski definition) is 2. The third kappa shape index (κ3) is 4.67. The minimum absolute atomic E-state index is 0.0533. The van der Waals surface area contributed by atoms with Crippen LogP contribution in [0, 0.1) is 6.92 Å². The van der Waals surface area contributed by atoms with Crippen LogP contribution in [0.15, 0.2) is 46.2 Å². The lowest BCUT2D eigenvalue weighted by atomic mass is 10.2. The van der Waals surface area contributed by atoms with Crippen LogP contribution in [0.2, 0.25) is 0 Å². The van der Waals surface area contributed by atoms with Crippen molar-refractivity contribution in [3.05, 3.63) is 42.0 Å². The van der Waals surface area contributed by atoms with Crippen LogP contribution in [0.1, 0.15) is 12.5 Å². The van der Waals surface area contributed by atoms with Gasteiger partial charge in [-0.1, -0.05) is 6.07 Å². The van der Waals surface area contributed by atoms with Gasteiger partial charge in [0.2, 0.25) is 5.91 Å². The van der Waals surface area contributed by atoms with Crippen molar-refractivity contribution in [2.75, 3.05) is 23.4 Å². The van der Waals surface area contributed by atoms with E-state index in [0.29, 0.717) is 17.1 Å². The van der Waals surface area contributed by atoms with Crippen LogP contribution in [0.4, 0.5) is 11.4 Å². The zero-order valence-corrected chi connectivity index (χ0v) is 16.0. The predicted octanol–water partition coefficient (Wildman–Crippen LogP) is 3.48. The second-order valence-electron chi connectivity index (χ2n) is 5.35. The van der Waals surface area contributed by atoms with Crippen molar-refractivity contribution in [1.82, 2.24) is 0 Å². The Morgan fingerprint density at radius 1 is 1.12 bits per heavy atom. The number of sulfonamides is 1. The Labute approximate surface area is 152 Å². The Morgan fingerprint density at radius 2 is 1.84 bits per heavy atom. The summed E-state index contributed by atoms with van der Waals surface area (Å²) in [5, 5.41) is 2.66. The Kier molecular flexibility index (Phi) is 5.97. The smallest absolute Gasteiger partial charge is 0.262 e. The monoisotopic (exact) mass is 380 g/mol. The molecule has 1 amide bonds. The van der Waals surface area contributed by atoms with Crippen LogP contribution in [-0.2, 0) is 14.8 Å². The molecule has 0 unspecified atom stereocenters. The second-order valence-corrected chi connectivity index (χ2v) is 7.88. The molecule has 2 N–H and O–H groups in total. The van der Waals surface area contributed by atoms with Crippen LogP contribution in [0.3, 0.4) is 0 Å². The van der Waals surface area contributed by atoms with Crippen LogP contribution >= 0.6 is 11.8 Å².